The number of rotatable bonds is 6. The largest absolute Gasteiger partial charge is 0.465 e. The highest BCUT2D eigenvalue weighted by Gasteiger charge is 2.18. The van der Waals surface area contributed by atoms with Gasteiger partial charge in [-0.25, -0.2) is 0 Å². The molecule has 84 valence electrons. The Morgan fingerprint density at radius 1 is 1.50 bits per heavy atom. The van der Waals surface area contributed by atoms with Crippen molar-refractivity contribution in [2.24, 2.45) is 5.73 Å². The summed E-state index contributed by atoms with van der Waals surface area (Å²) in [7, 11) is 1.97. The van der Waals surface area contributed by atoms with Crippen LogP contribution in [0.15, 0.2) is 0 Å². The second-order valence-electron chi connectivity index (χ2n) is 3.56. The van der Waals surface area contributed by atoms with E-state index in [0.29, 0.717) is 19.2 Å². The Kier molecular flexibility index (Phi) is 6.49. The molecule has 0 aromatic carbocycles. The summed E-state index contributed by atoms with van der Waals surface area (Å²) in [5, 5.41) is 0. The molecule has 0 saturated carbocycles. The monoisotopic (exact) mass is 202 g/mol. The number of likely N-dealkylation sites (N-methyl/N-ethyl adjacent to an activating group) is 1. The third kappa shape index (κ3) is 4.58. The minimum Gasteiger partial charge on any atom is -0.465 e. The van der Waals surface area contributed by atoms with Gasteiger partial charge in [-0.1, -0.05) is 6.92 Å². The van der Waals surface area contributed by atoms with Gasteiger partial charge in [-0.15, -0.1) is 0 Å². The molecule has 0 spiro atoms. The third-order valence-corrected chi connectivity index (χ3v) is 2.42. The van der Waals surface area contributed by atoms with Gasteiger partial charge in [0.1, 0.15) is 6.04 Å². The number of esters is 1. The molecule has 2 N–H and O–H groups in total. The van der Waals surface area contributed by atoms with Crippen molar-refractivity contribution in [1.82, 2.24) is 4.90 Å². The Balaban J connectivity index is 3.92. The molecule has 4 nitrogen and oxygen atoms in total. The van der Waals surface area contributed by atoms with Crippen LogP contribution in [0.5, 0.6) is 0 Å². The Morgan fingerprint density at radius 3 is 2.50 bits per heavy atom. The molecule has 14 heavy (non-hydrogen) atoms. The Morgan fingerprint density at radius 2 is 2.07 bits per heavy atom. The van der Waals surface area contributed by atoms with Crippen molar-refractivity contribution in [3.05, 3.63) is 0 Å². The molecule has 0 bridgehead atoms. The van der Waals surface area contributed by atoms with Gasteiger partial charge in [-0.3, -0.25) is 4.79 Å². The first-order chi connectivity index (χ1) is 6.52. The van der Waals surface area contributed by atoms with Gasteiger partial charge < -0.3 is 15.4 Å². The summed E-state index contributed by atoms with van der Waals surface area (Å²) in [6, 6.07) is -0.0931. The average molecular weight is 202 g/mol. The molecule has 0 aliphatic carbocycles. The molecule has 0 saturated heterocycles. The van der Waals surface area contributed by atoms with Crippen molar-refractivity contribution in [2.75, 3.05) is 20.2 Å². The van der Waals surface area contributed by atoms with E-state index in [1.54, 1.807) is 6.92 Å². The predicted octanol–water partition coefficient (Wildman–Crippen LogP) is 0.607. The summed E-state index contributed by atoms with van der Waals surface area (Å²) in [5.74, 6) is -0.317. The lowest BCUT2D eigenvalue weighted by molar-refractivity contribution is -0.145. The first kappa shape index (κ1) is 13.4. The van der Waals surface area contributed by atoms with Gasteiger partial charge in [-0.2, -0.15) is 0 Å². The highest BCUT2D eigenvalue weighted by Crippen LogP contribution is 2.01. The molecule has 0 rings (SSSR count). The van der Waals surface area contributed by atoms with Crippen LogP contribution in [0.2, 0.25) is 0 Å². The van der Waals surface area contributed by atoms with Crippen LogP contribution in [0.25, 0.3) is 0 Å². The van der Waals surface area contributed by atoms with Crippen LogP contribution < -0.4 is 5.73 Å². The van der Waals surface area contributed by atoms with Crippen LogP contribution in [0, 0.1) is 0 Å². The molecule has 2 unspecified atom stereocenters. The third-order valence-electron chi connectivity index (χ3n) is 2.42. The second-order valence-corrected chi connectivity index (χ2v) is 3.56. The summed E-state index contributed by atoms with van der Waals surface area (Å²) >= 11 is 0. The van der Waals surface area contributed by atoms with E-state index < -0.39 is 6.04 Å². The van der Waals surface area contributed by atoms with Crippen molar-refractivity contribution < 1.29 is 9.53 Å². The van der Waals surface area contributed by atoms with Gasteiger partial charge in [-0.05, 0) is 27.3 Å². The molecular formula is C10H22N2O2. The lowest BCUT2D eigenvalue weighted by atomic mass is 10.2. The Hall–Kier alpha value is -0.610. The van der Waals surface area contributed by atoms with Crippen LogP contribution in [-0.4, -0.2) is 43.2 Å². The summed E-state index contributed by atoms with van der Waals surface area (Å²) in [6.45, 7) is 6.94. The predicted molar refractivity (Wildman–Crippen MR) is 57.0 cm³/mol. The van der Waals surface area contributed by atoms with E-state index in [1.165, 1.54) is 0 Å². The molecule has 0 aromatic rings. The number of hydrogen-bond donors (Lipinski definition) is 1. The molecule has 4 heteroatoms. The van der Waals surface area contributed by atoms with Crippen molar-refractivity contribution in [3.63, 3.8) is 0 Å². The van der Waals surface area contributed by atoms with E-state index in [1.807, 2.05) is 7.05 Å². The highest BCUT2D eigenvalue weighted by atomic mass is 16.5. The molecule has 2 atom stereocenters. The number of carbonyl (C=O) groups is 1. The minimum atomic E-state index is -0.533. The minimum absolute atomic E-state index is 0.317. The summed E-state index contributed by atoms with van der Waals surface area (Å²) < 4.78 is 4.83. The van der Waals surface area contributed by atoms with E-state index in [9.17, 15) is 4.79 Å². The number of nitrogens with zero attached hydrogens (tertiary/aromatic N) is 1. The van der Waals surface area contributed by atoms with Gasteiger partial charge in [0, 0.05) is 12.6 Å². The summed E-state index contributed by atoms with van der Waals surface area (Å²) in [6.07, 6.45) is 1.05. The zero-order valence-electron chi connectivity index (χ0n) is 9.62. The Bertz CT molecular complexity index is 174. The molecule has 0 radical (unpaired) electrons. The molecule has 0 aromatic heterocycles. The quantitative estimate of drug-likeness (QED) is 0.641. The molecular weight excluding hydrogens is 180 g/mol. The standard InChI is InChI=1S/C10H22N2O2/c1-5-8(3)12(4)7-9(11)10(13)14-6-2/h8-9H,5-7,11H2,1-4H3. The number of nitrogens with two attached hydrogens (primary N) is 1. The van der Waals surface area contributed by atoms with E-state index in [4.69, 9.17) is 10.5 Å². The van der Waals surface area contributed by atoms with E-state index in [2.05, 4.69) is 18.7 Å². The molecule has 0 fully saturated rings. The average Bonchev–Trinajstić information content (AvgIpc) is 2.16. The van der Waals surface area contributed by atoms with E-state index >= 15 is 0 Å². The number of hydrogen-bond acceptors (Lipinski definition) is 4. The lowest BCUT2D eigenvalue weighted by Gasteiger charge is -2.25. The summed E-state index contributed by atoms with van der Waals surface area (Å²) in [4.78, 5) is 13.3. The van der Waals surface area contributed by atoms with Crippen LogP contribution in [0.3, 0.4) is 0 Å². The zero-order chi connectivity index (χ0) is 11.1. The summed E-state index contributed by atoms with van der Waals surface area (Å²) in [5.41, 5.74) is 5.68. The van der Waals surface area contributed by atoms with Crippen LogP contribution in [-0.2, 0) is 9.53 Å². The van der Waals surface area contributed by atoms with Gasteiger partial charge in [0.15, 0.2) is 0 Å². The topological polar surface area (TPSA) is 55.6 Å². The van der Waals surface area contributed by atoms with Crippen molar-refractivity contribution in [3.8, 4) is 0 Å². The van der Waals surface area contributed by atoms with Crippen molar-refractivity contribution in [2.45, 2.75) is 39.3 Å². The van der Waals surface area contributed by atoms with Crippen molar-refractivity contribution >= 4 is 5.97 Å². The maximum Gasteiger partial charge on any atom is 0.324 e. The fourth-order valence-electron chi connectivity index (χ4n) is 1.13. The smallest absolute Gasteiger partial charge is 0.324 e. The number of carbonyl (C=O) groups excluding carboxylic acids is 1. The maximum atomic E-state index is 11.2. The van der Waals surface area contributed by atoms with Gasteiger partial charge in [0.25, 0.3) is 0 Å². The van der Waals surface area contributed by atoms with Crippen molar-refractivity contribution in [1.29, 1.82) is 0 Å². The van der Waals surface area contributed by atoms with Crippen LogP contribution in [0.1, 0.15) is 27.2 Å². The van der Waals surface area contributed by atoms with Gasteiger partial charge >= 0.3 is 5.97 Å². The van der Waals surface area contributed by atoms with Crippen LogP contribution in [0.4, 0.5) is 0 Å². The molecule has 0 aliphatic heterocycles. The van der Waals surface area contributed by atoms with Crippen LogP contribution >= 0.6 is 0 Å². The number of ether oxygens (including phenoxy) is 1. The normalized spacial score (nSPS) is 15.3. The van der Waals surface area contributed by atoms with Gasteiger partial charge in [0.2, 0.25) is 0 Å². The SMILES string of the molecule is CCOC(=O)C(N)CN(C)C(C)CC. The fraction of sp³-hybridized carbons (Fsp3) is 0.900. The maximum absolute atomic E-state index is 11.2. The highest BCUT2D eigenvalue weighted by molar-refractivity contribution is 5.75. The molecule has 0 amide bonds. The molecule has 0 aliphatic rings. The lowest BCUT2D eigenvalue weighted by Crippen LogP contribution is -2.44. The second kappa shape index (κ2) is 6.79. The first-order valence-electron chi connectivity index (χ1n) is 5.15. The Labute approximate surface area is 86.4 Å². The van der Waals surface area contributed by atoms with Gasteiger partial charge in [0.05, 0.1) is 6.61 Å². The van der Waals surface area contributed by atoms with E-state index in [-0.39, 0.29) is 5.97 Å². The fourth-order valence-corrected chi connectivity index (χ4v) is 1.13. The molecule has 0 heterocycles. The van der Waals surface area contributed by atoms with E-state index in [0.717, 1.165) is 6.42 Å². The first-order valence-corrected chi connectivity index (χ1v) is 5.15. The zero-order valence-corrected chi connectivity index (χ0v) is 9.62.